The Morgan fingerprint density at radius 2 is 2.12 bits per heavy atom. The molecule has 0 spiro atoms. The predicted molar refractivity (Wildman–Crippen MR) is 67.9 cm³/mol. The van der Waals surface area contributed by atoms with Gasteiger partial charge in [0.25, 0.3) is 0 Å². The van der Waals surface area contributed by atoms with Crippen molar-refractivity contribution in [1.82, 2.24) is 9.88 Å². The lowest BCUT2D eigenvalue weighted by atomic mass is 10.0. The maximum Gasteiger partial charge on any atom is 0.0964 e. The lowest BCUT2D eigenvalue weighted by Gasteiger charge is -2.22. The maximum atomic E-state index is 9.86. The quantitative estimate of drug-likeness (QED) is 0.753. The van der Waals surface area contributed by atoms with Crippen LogP contribution in [0.1, 0.15) is 12.0 Å². The van der Waals surface area contributed by atoms with E-state index in [1.54, 1.807) is 6.08 Å². The Morgan fingerprint density at radius 1 is 1.29 bits per heavy atom. The summed E-state index contributed by atoms with van der Waals surface area (Å²) in [5.74, 6) is 0.441. The van der Waals surface area contributed by atoms with Crippen molar-refractivity contribution in [2.45, 2.75) is 18.9 Å². The zero-order valence-corrected chi connectivity index (χ0v) is 10.1. The van der Waals surface area contributed by atoms with Gasteiger partial charge in [0, 0.05) is 30.1 Å². The molecule has 0 fully saturated rings. The first kappa shape index (κ1) is 10.5. The highest BCUT2D eigenvalue weighted by Gasteiger charge is 2.27. The van der Waals surface area contributed by atoms with Crippen molar-refractivity contribution in [3.8, 4) is 0 Å². The smallest absolute Gasteiger partial charge is 0.0964 e. The number of aromatic nitrogens is 1. The molecule has 2 aliphatic carbocycles. The van der Waals surface area contributed by atoms with Gasteiger partial charge in [-0.25, -0.2) is 0 Å². The minimum Gasteiger partial charge on any atom is -0.512 e. The van der Waals surface area contributed by atoms with E-state index in [4.69, 9.17) is 0 Å². The minimum absolute atomic E-state index is 0.384. The van der Waals surface area contributed by atoms with Gasteiger partial charge in [-0.15, -0.1) is 0 Å². The Kier molecular flexibility index (Phi) is 2.30. The second kappa shape index (κ2) is 3.70. The van der Waals surface area contributed by atoms with Crippen LogP contribution in [0.25, 0.3) is 11.6 Å². The number of pyridine rings is 1. The summed E-state index contributed by atoms with van der Waals surface area (Å²) in [7, 11) is 4.18. The van der Waals surface area contributed by atoms with Crippen LogP contribution in [0.5, 0.6) is 0 Å². The summed E-state index contributed by atoms with van der Waals surface area (Å²) in [6.07, 6.45) is 9.25. The fraction of sp³-hybridized carbons (Fsp3) is 0.357. The van der Waals surface area contributed by atoms with Crippen molar-refractivity contribution in [3.63, 3.8) is 0 Å². The third-order valence-corrected chi connectivity index (χ3v) is 3.64. The first-order chi connectivity index (χ1) is 8.16. The number of aliphatic hydroxyl groups is 1. The average Bonchev–Trinajstić information content (AvgIpc) is 2.57. The zero-order valence-electron chi connectivity index (χ0n) is 10.1. The van der Waals surface area contributed by atoms with Crippen LogP contribution in [0.4, 0.5) is 0 Å². The molecule has 1 N–H and O–H groups in total. The molecule has 2 aliphatic rings. The van der Waals surface area contributed by atoms with Crippen LogP contribution in [0.2, 0.25) is 0 Å². The lowest BCUT2D eigenvalue weighted by molar-refractivity contribution is 0.344. The molecule has 1 atom stereocenters. The Hall–Kier alpha value is -1.61. The number of nitrogens with zero attached hydrogens (tertiary/aromatic N) is 2. The summed E-state index contributed by atoms with van der Waals surface area (Å²) in [5.41, 5.74) is 2.63. The average molecular weight is 228 g/mol. The molecular weight excluding hydrogens is 212 g/mol. The second-order valence-corrected chi connectivity index (χ2v) is 4.97. The van der Waals surface area contributed by atoms with Crippen molar-refractivity contribution in [2.24, 2.45) is 0 Å². The first-order valence-corrected chi connectivity index (χ1v) is 5.89. The van der Waals surface area contributed by atoms with Crippen molar-refractivity contribution >= 4 is 11.6 Å². The van der Waals surface area contributed by atoms with Gasteiger partial charge in [0.2, 0.25) is 0 Å². The molecule has 0 amide bonds. The van der Waals surface area contributed by atoms with Crippen molar-refractivity contribution in [1.29, 1.82) is 0 Å². The summed E-state index contributed by atoms with van der Waals surface area (Å²) < 4.78 is 0. The molecule has 0 aliphatic heterocycles. The van der Waals surface area contributed by atoms with Crippen LogP contribution < -0.4 is 10.4 Å². The monoisotopic (exact) mass is 228 g/mol. The van der Waals surface area contributed by atoms with E-state index < -0.39 is 0 Å². The summed E-state index contributed by atoms with van der Waals surface area (Å²) in [4.78, 5) is 6.50. The standard InChI is InChI=1S/C14H16N2O/c1-16(2)13-5-10-8-15-7-9-3-4-11(17)6-12(13)14(9)10/h3-4,7-8,13,17H,5-6H2,1-2H3. The number of aliphatic hydroxyl groups excluding tert-OH is 1. The van der Waals surface area contributed by atoms with Crippen LogP contribution in [0.3, 0.4) is 0 Å². The van der Waals surface area contributed by atoms with Crippen molar-refractivity contribution in [3.05, 3.63) is 40.2 Å². The maximum absolute atomic E-state index is 9.86. The molecule has 17 heavy (non-hydrogen) atoms. The van der Waals surface area contributed by atoms with Gasteiger partial charge in [0.05, 0.1) is 5.76 Å². The predicted octanol–water partition coefficient (Wildman–Crippen LogP) is 0.345. The van der Waals surface area contributed by atoms with Gasteiger partial charge < -0.3 is 10.0 Å². The molecule has 1 aromatic heterocycles. The van der Waals surface area contributed by atoms with Gasteiger partial charge in [-0.05, 0) is 49.0 Å². The first-order valence-electron chi connectivity index (χ1n) is 5.89. The molecule has 1 aromatic rings. The van der Waals surface area contributed by atoms with E-state index in [9.17, 15) is 5.11 Å². The normalized spacial score (nSPS) is 21.9. The number of hydrogen-bond donors (Lipinski definition) is 1. The van der Waals surface area contributed by atoms with E-state index >= 15 is 0 Å². The number of rotatable bonds is 1. The Bertz CT molecular complexity index is 614. The molecule has 0 saturated carbocycles. The highest BCUT2D eigenvalue weighted by Crippen LogP contribution is 2.24. The molecule has 0 aromatic carbocycles. The molecular formula is C14H16N2O. The summed E-state index contributed by atoms with van der Waals surface area (Å²) in [5, 5.41) is 12.3. The molecule has 0 saturated heterocycles. The number of allylic oxidation sites excluding steroid dienone is 2. The Balaban J connectivity index is 2.31. The van der Waals surface area contributed by atoms with Gasteiger partial charge in [-0.3, -0.25) is 4.98 Å². The molecule has 1 heterocycles. The molecule has 0 radical (unpaired) electrons. The number of likely N-dealkylation sites (N-methyl/N-ethyl adjacent to an activating group) is 1. The van der Waals surface area contributed by atoms with Crippen LogP contribution in [0, 0.1) is 0 Å². The SMILES string of the molecule is CN(C)C1Cc2cncc3c2=C1CC(O)=CC=3. The van der Waals surface area contributed by atoms with Gasteiger partial charge in [0.15, 0.2) is 0 Å². The highest BCUT2D eigenvalue weighted by molar-refractivity contribution is 5.63. The molecule has 3 nitrogen and oxygen atoms in total. The molecule has 3 heteroatoms. The van der Waals surface area contributed by atoms with E-state index in [1.165, 1.54) is 16.4 Å². The molecule has 3 rings (SSSR count). The lowest BCUT2D eigenvalue weighted by Crippen LogP contribution is -2.31. The van der Waals surface area contributed by atoms with Crippen molar-refractivity contribution < 1.29 is 5.11 Å². The zero-order chi connectivity index (χ0) is 12.0. The minimum atomic E-state index is 0.384. The van der Waals surface area contributed by atoms with Gasteiger partial charge in [-0.2, -0.15) is 0 Å². The van der Waals surface area contributed by atoms with E-state index in [-0.39, 0.29) is 0 Å². The second-order valence-electron chi connectivity index (χ2n) is 4.97. The fourth-order valence-corrected chi connectivity index (χ4v) is 2.83. The molecule has 1 unspecified atom stereocenters. The molecule has 88 valence electrons. The largest absolute Gasteiger partial charge is 0.512 e. The van der Waals surface area contributed by atoms with E-state index in [0.717, 1.165) is 11.6 Å². The summed E-state index contributed by atoms with van der Waals surface area (Å²) in [6.45, 7) is 0. The van der Waals surface area contributed by atoms with Gasteiger partial charge in [0.1, 0.15) is 0 Å². The van der Waals surface area contributed by atoms with Crippen LogP contribution in [0.15, 0.2) is 24.2 Å². The van der Waals surface area contributed by atoms with E-state index in [1.807, 2.05) is 18.5 Å². The summed E-state index contributed by atoms with van der Waals surface area (Å²) >= 11 is 0. The topological polar surface area (TPSA) is 36.4 Å². The van der Waals surface area contributed by atoms with Gasteiger partial charge >= 0.3 is 0 Å². The van der Waals surface area contributed by atoms with Gasteiger partial charge in [-0.1, -0.05) is 0 Å². The van der Waals surface area contributed by atoms with E-state index in [0.29, 0.717) is 18.2 Å². The fourth-order valence-electron chi connectivity index (χ4n) is 2.83. The van der Waals surface area contributed by atoms with Crippen LogP contribution >= 0.6 is 0 Å². The third kappa shape index (κ3) is 1.58. The van der Waals surface area contributed by atoms with Crippen LogP contribution in [-0.4, -0.2) is 35.1 Å². The Morgan fingerprint density at radius 3 is 2.88 bits per heavy atom. The van der Waals surface area contributed by atoms with E-state index in [2.05, 4.69) is 24.0 Å². The molecule has 0 bridgehead atoms. The van der Waals surface area contributed by atoms with Crippen LogP contribution in [-0.2, 0) is 6.42 Å². The van der Waals surface area contributed by atoms with Crippen molar-refractivity contribution in [2.75, 3.05) is 14.1 Å². The Labute approximate surface area is 100 Å². The number of hydrogen-bond acceptors (Lipinski definition) is 3. The third-order valence-electron chi connectivity index (χ3n) is 3.64. The summed E-state index contributed by atoms with van der Waals surface area (Å²) in [6, 6.07) is 0.384. The highest BCUT2D eigenvalue weighted by atomic mass is 16.3.